The average molecular weight is 357 g/mol. The smallest absolute Gasteiger partial charge is 0.379 e. The molecule has 0 aromatic heterocycles. The number of rotatable bonds is 5. The molecule has 2 fully saturated rings. The van der Waals surface area contributed by atoms with Gasteiger partial charge in [0.25, 0.3) is 0 Å². The molecule has 0 spiro atoms. The van der Waals surface area contributed by atoms with Gasteiger partial charge in [-0.25, -0.2) is 0 Å². The molecule has 140 valence electrons. The zero-order valence-corrected chi connectivity index (χ0v) is 14.4. The molecule has 3 rings (SSSR count). The first-order chi connectivity index (χ1) is 12.1. The Balaban J connectivity index is 1.57. The van der Waals surface area contributed by atoms with Crippen LogP contribution >= 0.6 is 0 Å². The summed E-state index contributed by atoms with van der Waals surface area (Å²) < 4.78 is 50.7. The Morgan fingerprint density at radius 1 is 1.08 bits per heavy atom. The highest BCUT2D eigenvalue weighted by Gasteiger charge is 2.34. The molecule has 1 aliphatic carbocycles. The van der Waals surface area contributed by atoms with Crippen molar-refractivity contribution in [3.8, 4) is 0 Å². The van der Waals surface area contributed by atoms with Crippen LogP contribution in [0, 0.1) is 0 Å². The lowest BCUT2D eigenvalue weighted by Gasteiger charge is -2.41. The topological polar surface area (TPSA) is 21.7 Å². The van der Waals surface area contributed by atoms with Crippen molar-refractivity contribution in [2.45, 2.75) is 50.4 Å². The van der Waals surface area contributed by atoms with Crippen LogP contribution in [0.1, 0.15) is 36.8 Å². The van der Waals surface area contributed by atoms with E-state index in [-0.39, 0.29) is 6.10 Å². The maximum Gasteiger partial charge on any atom is 0.416 e. The first-order valence-electron chi connectivity index (χ1n) is 9.14. The summed E-state index contributed by atoms with van der Waals surface area (Å²) in [5.74, 6) is 0. The number of hydrogen-bond acceptors (Lipinski definition) is 3. The molecule has 25 heavy (non-hydrogen) atoms. The fraction of sp³-hybridized carbons (Fsp3) is 0.684. The van der Waals surface area contributed by atoms with Crippen LogP contribution in [0.15, 0.2) is 24.3 Å². The van der Waals surface area contributed by atoms with Gasteiger partial charge in [-0.2, -0.15) is 13.2 Å². The highest BCUT2D eigenvalue weighted by Crippen LogP contribution is 2.32. The molecule has 0 amide bonds. The van der Waals surface area contributed by atoms with Crippen molar-refractivity contribution in [1.82, 2.24) is 4.90 Å². The van der Waals surface area contributed by atoms with E-state index in [1.165, 1.54) is 12.5 Å². The van der Waals surface area contributed by atoms with Crippen molar-refractivity contribution in [2.75, 3.05) is 32.9 Å². The molecule has 0 bridgehead atoms. The van der Waals surface area contributed by atoms with Gasteiger partial charge in [0.2, 0.25) is 0 Å². The van der Waals surface area contributed by atoms with Crippen LogP contribution in [0.4, 0.5) is 13.2 Å². The van der Waals surface area contributed by atoms with E-state index in [0.29, 0.717) is 24.6 Å². The second kappa shape index (κ2) is 8.52. The fourth-order valence-electron chi connectivity index (χ4n) is 3.93. The zero-order valence-electron chi connectivity index (χ0n) is 14.4. The first-order valence-corrected chi connectivity index (χ1v) is 9.14. The summed E-state index contributed by atoms with van der Waals surface area (Å²) in [6, 6.07) is 6.15. The Kier molecular flexibility index (Phi) is 6.36. The lowest BCUT2D eigenvalue weighted by Crippen LogP contribution is -2.51. The Hall–Kier alpha value is -1.11. The number of hydrogen-bond donors (Lipinski definition) is 0. The van der Waals surface area contributed by atoms with Gasteiger partial charge in [-0.05, 0) is 30.9 Å². The predicted octanol–water partition coefficient (Wildman–Crippen LogP) is 3.91. The molecule has 0 N–H and O–H groups in total. The van der Waals surface area contributed by atoms with Crippen LogP contribution in [0.3, 0.4) is 0 Å². The molecule has 1 saturated carbocycles. The van der Waals surface area contributed by atoms with Gasteiger partial charge in [-0.15, -0.1) is 0 Å². The number of alkyl halides is 3. The van der Waals surface area contributed by atoms with Crippen molar-refractivity contribution in [1.29, 1.82) is 0 Å². The van der Waals surface area contributed by atoms with Crippen molar-refractivity contribution >= 4 is 0 Å². The van der Waals surface area contributed by atoms with Crippen LogP contribution in [0.5, 0.6) is 0 Å². The molecule has 1 aliphatic heterocycles. The van der Waals surface area contributed by atoms with E-state index in [4.69, 9.17) is 9.47 Å². The van der Waals surface area contributed by atoms with Crippen molar-refractivity contribution < 1.29 is 22.6 Å². The molecule has 0 radical (unpaired) electrons. The van der Waals surface area contributed by atoms with E-state index in [1.54, 1.807) is 12.1 Å². The van der Waals surface area contributed by atoms with E-state index < -0.39 is 11.7 Å². The fourth-order valence-corrected chi connectivity index (χ4v) is 3.93. The van der Waals surface area contributed by atoms with E-state index in [0.717, 1.165) is 51.6 Å². The van der Waals surface area contributed by atoms with E-state index in [9.17, 15) is 13.2 Å². The number of halogens is 3. The summed E-state index contributed by atoms with van der Waals surface area (Å²) in [6.07, 6.45) is 0.514. The SMILES string of the molecule is FC(F)(F)c1ccccc1CCOC1CCCCC1N1CCOCC1. The molecule has 1 saturated heterocycles. The summed E-state index contributed by atoms with van der Waals surface area (Å²) in [5.41, 5.74) is -0.235. The highest BCUT2D eigenvalue weighted by molar-refractivity contribution is 5.29. The third-order valence-corrected chi connectivity index (χ3v) is 5.21. The van der Waals surface area contributed by atoms with Crippen LogP contribution in [-0.4, -0.2) is 50.0 Å². The zero-order chi connectivity index (χ0) is 17.7. The second-order valence-electron chi connectivity index (χ2n) is 6.81. The standard InChI is InChI=1S/C19H26F3NO2/c20-19(21,22)16-6-2-1-5-15(16)9-12-25-18-8-4-3-7-17(18)23-10-13-24-14-11-23/h1-2,5-6,17-18H,3-4,7-14H2. The number of nitrogens with zero attached hydrogens (tertiary/aromatic N) is 1. The largest absolute Gasteiger partial charge is 0.416 e. The average Bonchev–Trinajstić information content (AvgIpc) is 2.62. The molecule has 1 aromatic carbocycles. The molecular formula is C19H26F3NO2. The molecule has 2 aliphatic rings. The first kappa shape index (κ1) is 18.7. The van der Waals surface area contributed by atoms with Gasteiger partial charge >= 0.3 is 6.18 Å². The molecular weight excluding hydrogens is 331 g/mol. The normalized spacial score (nSPS) is 25.9. The molecule has 1 aromatic rings. The Morgan fingerprint density at radius 3 is 2.56 bits per heavy atom. The van der Waals surface area contributed by atoms with Gasteiger partial charge in [0, 0.05) is 19.1 Å². The van der Waals surface area contributed by atoms with Crippen LogP contribution in [0.25, 0.3) is 0 Å². The van der Waals surface area contributed by atoms with Crippen LogP contribution in [-0.2, 0) is 22.1 Å². The number of ether oxygens (including phenoxy) is 2. The maximum absolute atomic E-state index is 13.1. The Bertz CT molecular complexity index is 544. The monoisotopic (exact) mass is 357 g/mol. The molecule has 2 atom stereocenters. The van der Waals surface area contributed by atoms with Gasteiger partial charge in [0.1, 0.15) is 0 Å². The van der Waals surface area contributed by atoms with Gasteiger partial charge in [-0.1, -0.05) is 31.0 Å². The third kappa shape index (κ3) is 4.96. The minimum Gasteiger partial charge on any atom is -0.379 e. The Labute approximate surface area is 147 Å². The minimum absolute atomic E-state index is 0.116. The molecule has 2 unspecified atom stereocenters. The lowest BCUT2D eigenvalue weighted by atomic mass is 9.91. The highest BCUT2D eigenvalue weighted by atomic mass is 19.4. The quantitative estimate of drug-likeness (QED) is 0.798. The number of morpholine rings is 1. The minimum atomic E-state index is -4.31. The van der Waals surface area contributed by atoms with Gasteiger partial charge < -0.3 is 9.47 Å². The van der Waals surface area contributed by atoms with Crippen molar-refractivity contribution in [2.24, 2.45) is 0 Å². The van der Waals surface area contributed by atoms with E-state index in [1.807, 2.05) is 0 Å². The van der Waals surface area contributed by atoms with Crippen molar-refractivity contribution in [3.05, 3.63) is 35.4 Å². The van der Waals surface area contributed by atoms with Crippen LogP contribution < -0.4 is 0 Å². The molecule has 1 heterocycles. The predicted molar refractivity (Wildman–Crippen MR) is 89.5 cm³/mol. The molecule has 6 heteroatoms. The van der Waals surface area contributed by atoms with Gasteiger partial charge in [-0.3, -0.25) is 4.90 Å². The summed E-state index contributed by atoms with van der Waals surface area (Å²) in [4.78, 5) is 2.43. The van der Waals surface area contributed by atoms with Gasteiger partial charge in [0.05, 0.1) is 31.5 Å². The third-order valence-electron chi connectivity index (χ3n) is 5.21. The summed E-state index contributed by atoms with van der Waals surface area (Å²) in [5, 5.41) is 0. The summed E-state index contributed by atoms with van der Waals surface area (Å²) in [7, 11) is 0. The maximum atomic E-state index is 13.1. The van der Waals surface area contributed by atoms with Crippen molar-refractivity contribution in [3.63, 3.8) is 0 Å². The van der Waals surface area contributed by atoms with Gasteiger partial charge in [0.15, 0.2) is 0 Å². The second-order valence-corrected chi connectivity index (χ2v) is 6.81. The molecule has 3 nitrogen and oxygen atoms in total. The Morgan fingerprint density at radius 2 is 1.80 bits per heavy atom. The van der Waals surface area contributed by atoms with E-state index >= 15 is 0 Å². The number of benzene rings is 1. The van der Waals surface area contributed by atoms with E-state index in [2.05, 4.69) is 4.90 Å². The van der Waals surface area contributed by atoms with Crippen LogP contribution in [0.2, 0.25) is 0 Å². The summed E-state index contributed by atoms with van der Waals surface area (Å²) >= 11 is 0. The summed E-state index contributed by atoms with van der Waals surface area (Å²) in [6.45, 7) is 3.67. The lowest BCUT2D eigenvalue weighted by molar-refractivity contribution is -0.138.